The van der Waals surface area contributed by atoms with Crippen molar-refractivity contribution >= 4 is 33.5 Å². The summed E-state index contributed by atoms with van der Waals surface area (Å²) in [6.45, 7) is 1.49. The average Bonchev–Trinajstić information content (AvgIpc) is 3.17. The van der Waals surface area contributed by atoms with E-state index in [9.17, 15) is 4.79 Å². The minimum Gasteiger partial charge on any atom is -0.465 e. The lowest BCUT2D eigenvalue weighted by Gasteiger charge is -2.00. The molecule has 0 radical (unpaired) electrons. The molecule has 6 heteroatoms. The number of benzene rings is 2. The van der Waals surface area contributed by atoms with E-state index in [-0.39, 0.29) is 12.3 Å². The number of esters is 1. The molecule has 0 spiro atoms. The summed E-state index contributed by atoms with van der Waals surface area (Å²) in [6, 6.07) is 18.3. The maximum absolute atomic E-state index is 10.8. The van der Waals surface area contributed by atoms with Crippen molar-refractivity contribution in [2.24, 2.45) is 0 Å². The van der Waals surface area contributed by atoms with E-state index in [1.165, 1.54) is 7.11 Å². The Morgan fingerprint density at radius 2 is 1.58 bits per heavy atom. The van der Waals surface area contributed by atoms with Gasteiger partial charge in [0.2, 0.25) is 0 Å². The highest BCUT2D eigenvalue weighted by atomic mass is 79.9. The van der Waals surface area contributed by atoms with E-state index < -0.39 is 0 Å². The van der Waals surface area contributed by atoms with Gasteiger partial charge < -0.3 is 14.2 Å². The van der Waals surface area contributed by atoms with Crippen molar-refractivity contribution in [2.45, 2.75) is 6.29 Å². The number of ether oxygens (including phenoxy) is 3. The molecule has 0 atom stereocenters. The lowest BCUT2D eigenvalue weighted by atomic mass is 10.2. The van der Waals surface area contributed by atoms with Gasteiger partial charge >= 0.3 is 5.97 Å². The third kappa shape index (κ3) is 9.03. The van der Waals surface area contributed by atoms with Crippen LogP contribution in [0, 0.1) is 0 Å². The van der Waals surface area contributed by atoms with Crippen molar-refractivity contribution < 1.29 is 19.0 Å². The highest BCUT2D eigenvalue weighted by molar-refractivity contribution is 9.09. The molecule has 1 aliphatic heterocycles. The number of methoxy groups -OCH3 is 1. The van der Waals surface area contributed by atoms with Gasteiger partial charge in [-0.15, -0.1) is 0 Å². The van der Waals surface area contributed by atoms with Crippen molar-refractivity contribution in [1.82, 2.24) is 0 Å². The number of halogens is 2. The molecule has 2 aromatic carbocycles. The van der Waals surface area contributed by atoms with Crippen molar-refractivity contribution in [3.63, 3.8) is 0 Å². The van der Waals surface area contributed by atoms with Gasteiger partial charge in [0, 0.05) is 5.02 Å². The summed E-state index contributed by atoms with van der Waals surface area (Å²) in [5.41, 5.74) is 0.588. The number of carbonyl (C=O) groups is 1. The van der Waals surface area contributed by atoms with E-state index in [0.29, 0.717) is 5.56 Å². The second-order valence-corrected chi connectivity index (χ2v) is 5.56. The molecule has 2 aromatic rings. The molecule has 24 heavy (non-hydrogen) atoms. The minimum absolute atomic E-state index is 0.0139. The predicted molar refractivity (Wildman–Crippen MR) is 98.7 cm³/mol. The molecule has 0 unspecified atom stereocenters. The fourth-order valence-electron chi connectivity index (χ4n) is 1.60. The summed E-state index contributed by atoms with van der Waals surface area (Å²) in [4.78, 5) is 10.8. The van der Waals surface area contributed by atoms with Gasteiger partial charge in [0.25, 0.3) is 0 Å². The van der Waals surface area contributed by atoms with Crippen LogP contribution in [-0.2, 0) is 14.2 Å². The minimum atomic E-state index is -0.291. The van der Waals surface area contributed by atoms with Gasteiger partial charge in [0.15, 0.2) is 6.29 Å². The number of hydrogen-bond acceptors (Lipinski definition) is 4. The Balaban J connectivity index is 0.000000185. The first kappa shape index (κ1) is 20.6. The van der Waals surface area contributed by atoms with Crippen LogP contribution in [0.5, 0.6) is 0 Å². The summed E-state index contributed by atoms with van der Waals surface area (Å²) in [6.07, 6.45) is 0.0139. The molecule has 130 valence electrons. The first-order valence-corrected chi connectivity index (χ1v) is 8.80. The maximum atomic E-state index is 10.8. The summed E-state index contributed by atoms with van der Waals surface area (Å²) < 4.78 is 14.6. The van der Waals surface area contributed by atoms with E-state index in [0.717, 1.165) is 23.6 Å². The van der Waals surface area contributed by atoms with E-state index in [2.05, 4.69) is 20.7 Å². The zero-order chi connectivity index (χ0) is 17.6. The summed E-state index contributed by atoms with van der Waals surface area (Å²) in [5, 5.41) is 1.58. The molecule has 1 aliphatic rings. The number of hydrogen-bond donors (Lipinski definition) is 0. The maximum Gasteiger partial charge on any atom is 0.337 e. The molecule has 1 heterocycles. The van der Waals surface area contributed by atoms with Gasteiger partial charge in [-0.25, -0.2) is 4.79 Å². The Labute approximate surface area is 155 Å². The molecule has 1 saturated heterocycles. The van der Waals surface area contributed by atoms with Crippen LogP contribution in [0.1, 0.15) is 10.4 Å². The highest BCUT2D eigenvalue weighted by Crippen LogP contribution is 2.05. The largest absolute Gasteiger partial charge is 0.465 e. The Kier molecular flexibility index (Phi) is 11.1. The Bertz CT molecular complexity index is 560. The monoisotopic (exact) mass is 414 g/mol. The lowest BCUT2D eigenvalue weighted by molar-refractivity contribution is -0.0205. The molecule has 0 N–H and O–H groups in total. The highest BCUT2D eigenvalue weighted by Gasteiger charge is 2.12. The molecule has 1 fully saturated rings. The predicted octanol–water partition coefficient (Wildman–Crippen LogP) is 4.57. The first-order valence-electron chi connectivity index (χ1n) is 7.30. The van der Waals surface area contributed by atoms with Crippen LogP contribution in [0.4, 0.5) is 0 Å². The first-order chi connectivity index (χ1) is 11.7. The van der Waals surface area contributed by atoms with Crippen molar-refractivity contribution in [3.8, 4) is 0 Å². The molecular formula is C18H20BrClO4. The number of carbonyl (C=O) groups excluding carboxylic acids is 1. The summed E-state index contributed by atoms with van der Waals surface area (Å²) in [7, 11) is 1.37. The van der Waals surface area contributed by atoms with Crippen LogP contribution < -0.4 is 0 Å². The Morgan fingerprint density at radius 3 is 1.92 bits per heavy atom. The fraction of sp³-hybridized carbons (Fsp3) is 0.278. The fourth-order valence-corrected chi connectivity index (χ4v) is 2.12. The molecule has 3 rings (SSSR count). The zero-order valence-electron chi connectivity index (χ0n) is 13.4. The topological polar surface area (TPSA) is 44.8 Å². The Hall–Kier alpha value is -1.40. The van der Waals surface area contributed by atoms with Crippen LogP contribution in [0.2, 0.25) is 5.02 Å². The van der Waals surface area contributed by atoms with Crippen molar-refractivity contribution in [2.75, 3.05) is 25.7 Å². The molecule has 0 aromatic heterocycles. The zero-order valence-corrected chi connectivity index (χ0v) is 15.7. The van der Waals surface area contributed by atoms with Crippen molar-refractivity contribution in [3.05, 3.63) is 71.2 Å². The van der Waals surface area contributed by atoms with Crippen LogP contribution in [0.15, 0.2) is 60.7 Å². The van der Waals surface area contributed by atoms with E-state index >= 15 is 0 Å². The van der Waals surface area contributed by atoms with E-state index in [1.54, 1.807) is 24.3 Å². The Morgan fingerprint density at radius 1 is 1.08 bits per heavy atom. The van der Waals surface area contributed by atoms with Crippen LogP contribution >= 0.6 is 27.5 Å². The molecule has 0 saturated carbocycles. The number of rotatable bonds is 2. The van der Waals surface area contributed by atoms with Crippen LogP contribution in [0.3, 0.4) is 0 Å². The molecule has 4 nitrogen and oxygen atoms in total. The smallest absolute Gasteiger partial charge is 0.337 e. The van der Waals surface area contributed by atoms with E-state index in [1.807, 2.05) is 36.4 Å². The second-order valence-electron chi connectivity index (χ2n) is 4.48. The van der Waals surface area contributed by atoms with Gasteiger partial charge in [-0.05, 0) is 24.3 Å². The van der Waals surface area contributed by atoms with Gasteiger partial charge in [0.1, 0.15) is 0 Å². The van der Waals surface area contributed by atoms with Crippen LogP contribution in [-0.4, -0.2) is 37.9 Å². The lowest BCUT2D eigenvalue weighted by Crippen LogP contribution is -2.07. The van der Waals surface area contributed by atoms with E-state index in [4.69, 9.17) is 21.1 Å². The van der Waals surface area contributed by atoms with Gasteiger partial charge in [0.05, 0.1) is 31.2 Å². The summed E-state index contributed by atoms with van der Waals surface area (Å²) >= 11 is 8.77. The molecule has 0 amide bonds. The van der Waals surface area contributed by atoms with Gasteiger partial charge in [-0.3, -0.25) is 0 Å². The van der Waals surface area contributed by atoms with Crippen molar-refractivity contribution in [1.29, 1.82) is 0 Å². The van der Waals surface area contributed by atoms with Gasteiger partial charge in [-0.1, -0.05) is 63.9 Å². The quantitative estimate of drug-likeness (QED) is 0.532. The average molecular weight is 416 g/mol. The number of alkyl halides is 1. The molecular weight excluding hydrogens is 396 g/mol. The molecule has 0 bridgehead atoms. The summed E-state index contributed by atoms with van der Waals surface area (Å²) in [5.74, 6) is -0.291. The second kappa shape index (κ2) is 13.0. The third-order valence-electron chi connectivity index (χ3n) is 2.74. The standard InChI is InChI=1S/C8H8O2.C6H5Cl.C4H7BrO2/c1-10-8(9)7-5-3-2-4-6-7;7-6-4-2-1-3-5-6;5-3-4-6-1-2-7-4/h2-6H,1H3;1-5H;4H,1-3H2. The molecule has 0 aliphatic carbocycles. The van der Waals surface area contributed by atoms with Crippen LogP contribution in [0.25, 0.3) is 0 Å². The third-order valence-corrected chi connectivity index (χ3v) is 3.53. The normalized spacial score (nSPS) is 13.1. The SMILES string of the molecule is BrCC1OCCO1.COC(=O)c1ccccc1.Clc1ccccc1. The van der Waals surface area contributed by atoms with Gasteiger partial charge in [-0.2, -0.15) is 0 Å².